The van der Waals surface area contributed by atoms with Crippen LogP contribution in [0.2, 0.25) is 0 Å². The van der Waals surface area contributed by atoms with E-state index in [-0.39, 0.29) is 5.16 Å². The topological polar surface area (TPSA) is 73.6 Å². The predicted molar refractivity (Wildman–Crippen MR) is 117 cm³/mol. The average molecular weight is 385 g/mol. The molecule has 0 spiro atoms. The van der Waals surface area contributed by atoms with Crippen LogP contribution in [0.3, 0.4) is 0 Å². The van der Waals surface area contributed by atoms with E-state index in [1.807, 2.05) is 36.5 Å². The van der Waals surface area contributed by atoms with E-state index >= 15 is 0 Å². The van der Waals surface area contributed by atoms with Gasteiger partial charge in [0.05, 0.1) is 28.6 Å². The number of nitriles is 1. The second kappa shape index (κ2) is 6.74. The molecule has 0 radical (unpaired) electrons. The Balaban J connectivity index is 1.73. The maximum Gasteiger partial charge on any atom is 0.142 e. The van der Waals surface area contributed by atoms with E-state index in [2.05, 4.69) is 51.4 Å². The van der Waals surface area contributed by atoms with Gasteiger partial charge < -0.3 is 10.6 Å². The molecule has 28 heavy (non-hydrogen) atoms. The van der Waals surface area contributed by atoms with Crippen molar-refractivity contribution in [1.29, 1.82) is 5.26 Å². The first-order valence-electron chi connectivity index (χ1n) is 8.89. The number of hydrogen-bond donors (Lipinski definition) is 2. The van der Waals surface area contributed by atoms with Crippen LogP contribution >= 0.6 is 9.24 Å². The van der Waals surface area contributed by atoms with E-state index in [0.717, 1.165) is 39.6 Å². The molecule has 0 fully saturated rings. The summed E-state index contributed by atoms with van der Waals surface area (Å²) >= 11 is 0. The molecule has 3 aromatic rings. The van der Waals surface area contributed by atoms with E-state index in [4.69, 9.17) is 10.2 Å². The quantitative estimate of drug-likeness (QED) is 0.599. The Bertz CT molecular complexity index is 1120. The lowest BCUT2D eigenvalue weighted by Gasteiger charge is -2.28. The van der Waals surface area contributed by atoms with Crippen molar-refractivity contribution in [2.75, 3.05) is 10.6 Å². The molecule has 0 bridgehead atoms. The second-order valence-electron chi connectivity index (χ2n) is 7.35. The molecule has 1 aromatic carbocycles. The summed E-state index contributed by atoms with van der Waals surface area (Å²) in [5, 5.41) is 15.6. The summed E-state index contributed by atoms with van der Waals surface area (Å²) in [7, 11) is 2.81. The molecule has 2 aromatic heterocycles. The minimum absolute atomic E-state index is 0.0792. The number of benzene rings is 1. The first-order chi connectivity index (χ1) is 13.3. The first-order valence-corrected chi connectivity index (χ1v) is 9.47. The van der Waals surface area contributed by atoms with Crippen LogP contribution in [-0.4, -0.2) is 9.97 Å². The van der Waals surface area contributed by atoms with Gasteiger partial charge in [-0.1, -0.05) is 26.5 Å². The van der Waals surface area contributed by atoms with Crippen molar-refractivity contribution >= 4 is 32.1 Å². The lowest BCUT2D eigenvalue weighted by Crippen LogP contribution is -2.16. The summed E-state index contributed by atoms with van der Waals surface area (Å²) in [5.41, 5.74) is 6.92. The van der Waals surface area contributed by atoms with Crippen molar-refractivity contribution in [3.63, 3.8) is 0 Å². The fourth-order valence-corrected chi connectivity index (χ4v) is 3.25. The number of fused-ring (bicyclic) bond motifs is 1. The Hall–Kier alpha value is -3.22. The number of aromatic nitrogens is 2. The van der Waals surface area contributed by atoms with E-state index in [1.54, 1.807) is 12.1 Å². The molecule has 0 aliphatic carbocycles. The lowest BCUT2D eigenvalue weighted by atomic mass is 10.0. The Kier molecular flexibility index (Phi) is 4.37. The zero-order valence-electron chi connectivity index (χ0n) is 15.7. The van der Waals surface area contributed by atoms with Gasteiger partial charge in [0.15, 0.2) is 0 Å². The fourth-order valence-electron chi connectivity index (χ4n) is 3.08. The van der Waals surface area contributed by atoms with Crippen LogP contribution in [0, 0.1) is 11.3 Å². The summed E-state index contributed by atoms with van der Waals surface area (Å²) in [6.45, 7) is 8.24. The highest BCUT2D eigenvalue weighted by Gasteiger charge is 2.24. The van der Waals surface area contributed by atoms with Gasteiger partial charge in [-0.2, -0.15) is 5.26 Å². The van der Waals surface area contributed by atoms with Gasteiger partial charge in [-0.05, 0) is 36.4 Å². The number of pyridine rings is 2. The largest absolute Gasteiger partial charge is 0.355 e. The smallest absolute Gasteiger partial charge is 0.142 e. The van der Waals surface area contributed by atoms with Crippen LogP contribution in [0.5, 0.6) is 0 Å². The number of nitrogens with zero attached hydrogens (tertiary/aromatic N) is 3. The van der Waals surface area contributed by atoms with Crippen molar-refractivity contribution < 1.29 is 0 Å². The Morgan fingerprint density at radius 3 is 2.68 bits per heavy atom. The molecule has 5 nitrogen and oxygen atoms in total. The summed E-state index contributed by atoms with van der Waals surface area (Å²) in [5.74, 6) is 0.710. The first kappa shape index (κ1) is 18.2. The van der Waals surface area contributed by atoms with Crippen molar-refractivity contribution in [3.8, 4) is 17.3 Å². The predicted octanol–water partition coefficient (Wildman–Crippen LogP) is 5.27. The van der Waals surface area contributed by atoms with Crippen LogP contribution in [0.4, 0.5) is 17.2 Å². The summed E-state index contributed by atoms with van der Waals surface area (Å²) in [4.78, 5) is 9.40. The molecule has 0 saturated carbocycles. The van der Waals surface area contributed by atoms with Crippen LogP contribution in [0.1, 0.15) is 30.7 Å². The third kappa shape index (κ3) is 3.35. The monoisotopic (exact) mass is 385 g/mol. The average Bonchev–Trinajstić information content (AvgIpc) is 2.66. The maximum absolute atomic E-state index is 9.13. The number of rotatable bonds is 4. The Morgan fingerprint density at radius 1 is 1.21 bits per heavy atom. The van der Waals surface area contributed by atoms with Gasteiger partial charge in [0, 0.05) is 34.0 Å². The van der Waals surface area contributed by atoms with Gasteiger partial charge in [0.25, 0.3) is 0 Å². The highest BCUT2D eigenvalue weighted by atomic mass is 31.0. The molecule has 2 N–H and O–H groups in total. The van der Waals surface area contributed by atoms with E-state index in [9.17, 15) is 0 Å². The Morgan fingerprint density at radius 2 is 2.04 bits per heavy atom. The third-order valence-corrected chi connectivity index (χ3v) is 4.88. The molecule has 1 unspecified atom stereocenters. The van der Waals surface area contributed by atoms with Crippen LogP contribution in [0.25, 0.3) is 17.0 Å². The Labute approximate surface area is 166 Å². The molecule has 6 heteroatoms. The zero-order valence-corrected chi connectivity index (χ0v) is 16.9. The lowest BCUT2D eigenvalue weighted by molar-refractivity contribution is 0.748. The number of nitrogens with one attached hydrogen (secondary N) is 2. The van der Waals surface area contributed by atoms with Gasteiger partial charge in [0.1, 0.15) is 5.82 Å². The summed E-state index contributed by atoms with van der Waals surface area (Å²) < 4.78 is 0. The van der Waals surface area contributed by atoms with Crippen LogP contribution in [0.15, 0.2) is 55.2 Å². The van der Waals surface area contributed by atoms with Gasteiger partial charge in [0.2, 0.25) is 0 Å². The molecular weight excluding hydrogens is 365 g/mol. The zero-order chi connectivity index (χ0) is 19.9. The molecule has 1 aliphatic rings. The number of hydrogen-bond acceptors (Lipinski definition) is 5. The molecule has 4 rings (SSSR count). The highest BCUT2D eigenvalue weighted by molar-refractivity contribution is 7.18. The normalized spacial score (nSPS) is 12.4. The number of anilines is 3. The highest BCUT2D eigenvalue weighted by Crippen LogP contribution is 2.42. The minimum Gasteiger partial charge on any atom is -0.355 e. The standard InChI is InChI=1S/C22H20N5P/c1-13-20-18(25-13)10-17(15-7-8-19(24-12-15)22(2,3)28)27-21(20)26-16-6-4-5-14(9-16)11-23/h4-10,12,25H,1,28H2,2-3H3,(H,26,27). The molecule has 1 aliphatic heterocycles. The van der Waals surface area contributed by atoms with E-state index in [0.29, 0.717) is 11.4 Å². The van der Waals surface area contributed by atoms with Crippen molar-refractivity contribution in [3.05, 3.63) is 72.1 Å². The molecule has 138 valence electrons. The SMILES string of the molecule is C=C1Nc2cc(-c3ccc(C(C)(C)P)nc3)nc(Nc3cccc(C#N)c3)c21. The van der Waals surface area contributed by atoms with Crippen molar-refractivity contribution in [1.82, 2.24) is 9.97 Å². The second-order valence-corrected chi connectivity index (χ2v) is 8.80. The minimum atomic E-state index is -0.0792. The van der Waals surface area contributed by atoms with Crippen molar-refractivity contribution in [2.45, 2.75) is 19.0 Å². The van der Waals surface area contributed by atoms with Gasteiger partial charge >= 0.3 is 0 Å². The maximum atomic E-state index is 9.13. The van der Waals surface area contributed by atoms with E-state index < -0.39 is 0 Å². The molecule has 0 saturated heterocycles. The van der Waals surface area contributed by atoms with Crippen molar-refractivity contribution in [2.24, 2.45) is 0 Å². The third-order valence-electron chi connectivity index (χ3n) is 4.58. The van der Waals surface area contributed by atoms with Crippen LogP contribution < -0.4 is 10.6 Å². The molecule has 0 amide bonds. The molecular formula is C22H20N5P. The summed E-state index contributed by atoms with van der Waals surface area (Å²) in [6.07, 6.45) is 1.85. The van der Waals surface area contributed by atoms with E-state index in [1.165, 1.54) is 0 Å². The van der Waals surface area contributed by atoms with Gasteiger partial charge in [-0.25, -0.2) is 4.98 Å². The summed E-state index contributed by atoms with van der Waals surface area (Å²) in [6, 6.07) is 15.6. The fraction of sp³-hybridized carbons (Fsp3) is 0.136. The van der Waals surface area contributed by atoms with Crippen LogP contribution in [-0.2, 0) is 5.16 Å². The molecule has 3 heterocycles. The van der Waals surface area contributed by atoms with Gasteiger partial charge in [-0.3, -0.25) is 4.98 Å². The van der Waals surface area contributed by atoms with Gasteiger partial charge in [-0.15, -0.1) is 9.24 Å². The molecule has 1 atom stereocenters.